The number of hydrogen-bond donors (Lipinski definition) is 1. The number of nitrogens with one attached hydrogen (secondary N) is 1. The number of benzene rings is 1. The van der Waals surface area contributed by atoms with Crippen molar-refractivity contribution in [3.05, 3.63) is 27.7 Å². The molecule has 0 saturated carbocycles. The molecule has 19 heavy (non-hydrogen) atoms. The van der Waals surface area contributed by atoms with Gasteiger partial charge < -0.3 is 10.1 Å². The third-order valence-electron chi connectivity index (χ3n) is 2.48. The van der Waals surface area contributed by atoms with Crippen molar-refractivity contribution in [1.82, 2.24) is 0 Å². The summed E-state index contributed by atoms with van der Waals surface area (Å²) in [5, 5.41) is 2.77. The Balaban J connectivity index is 2.49. The lowest BCUT2D eigenvalue weighted by atomic mass is 10.1. The molecule has 0 aliphatic rings. The number of alkyl halides is 2. The molecular weight excluding hydrogens is 320 g/mol. The molecule has 0 bridgehead atoms. The number of carbonyl (C=O) groups is 1. The van der Waals surface area contributed by atoms with E-state index >= 15 is 0 Å². The van der Waals surface area contributed by atoms with Gasteiger partial charge >= 0.3 is 0 Å². The summed E-state index contributed by atoms with van der Waals surface area (Å²) in [6, 6.07) is 3.80. The van der Waals surface area contributed by atoms with Crippen LogP contribution < -0.4 is 5.32 Å². The zero-order chi connectivity index (χ0) is 14.4. The molecule has 0 aliphatic carbocycles. The smallest absolute Gasteiger partial charge is 0.261 e. The van der Waals surface area contributed by atoms with Crippen molar-refractivity contribution in [2.75, 3.05) is 18.5 Å². The normalized spacial score (nSPS) is 10.8. The van der Waals surface area contributed by atoms with Gasteiger partial charge in [-0.2, -0.15) is 0 Å². The highest BCUT2D eigenvalue weighted by atomic mass is 79.9. The Morgan fingerprint density at radius 3 is 2.47 bits per heavy atom. The van der Waals surface area contributed by atoms with Crippen LogP contribution in [0.5, 0.6) is 0 Å². The Morgan fingerprint density at radius 1 is 1.37 bits per heavy atom. The van der Waals surface area contributed by atoms with Gasteiger partial charge in [0.05, 0.1) is 13.0 Å². The molecule has 0 aliphatic heterocycles. The predicted octanol–water partition coefficient (Wildman–Crippen LogP) is 3.68. The lowest BCUT2D eigenvalue weighted by Crippen LogP contribution is -2.17. The van der Waals surface area contributed by atoms with Gasteiger partial charge in [0.25, 0.3) is 6.43 Å². The Labute approximate surface area is 119 Å². The van der Waals surface area contributed by atoms with E-state index in [9.17, 15) is 13.6 Å². The van der Waals surface area contributed by atoms with E-state index in [2.05, 4.69) is 26.0 Å². The summed E-state index contributed by atoms with van der Waals surface area (Å²) in [6.07, 6.45) is -2.44. The molecule has 0 saturated heterocycles. The van der Waals surface area contributed by atoms with Crippen LogP contribution in [0.25, 0.3) is 0 Å². The molecule has 1 aromatic carbocycles. The summed E-state index contributed by atoms with van der Waals surface area (Å²) in [5.74, 6) is -0.247. The van der Waals surface area contributed by atoms with Gasteiger partial charge in [0.15, 0.2) is 0 Å². The number of anilines is 1. The fraction of sp³-hybridized carbons (Fsp3) is 0.462. The Hall–Kier alpha value is -1.01. The molecular formula is C13H16BrF2NO2. The molecule has 3 nitrogen and oxygen atoms in total. The zero-order valence-electron chi connectivity index (χ0n) is 10.8. The highest BCUT2D eigenvalue weighted by molar-refractivity contribution is 9.10. The molecule has 1 N–H and O–H groups in total. The zero-order valence-corrected chi connectivity index (χ0v) is 12.4. The Bertz CT molecular complexity index is 429. The van der Waals surface area contributed by atoms with E-state index in [-0.39, 0.29) is 18.9 Å². The average Bonchev–Trinajstić information content (AvgIpc) is 2.29. The first-order chi connectivity index (χ1) is 8.90. The van der Waals surface area contributed by atoms with E-state index in [1.54, 1.807) is 0 Å². The van der Waals surface area contributed by atoms with Crippen LogP contribution in [0.15, 0.2) is 16.6 Å². The molecule has 106 valence electrons. The minimum absolute atomic E-state index is 0.00913. The maximum Gasteiger partial charge on any atom is 0.261 e. The predicted molar refractivity (Wildman–Crippen MR) is 73.7 cm³/mol. The van der Waals surface area contributed by atoms with Crippen molar-refractivity contribution >= 4 is 27.5 Å². The Morgan fingerprint density at radius 2 is 1.95 bits per heavy atom. The Kier molecular flexibility index (Phi) is 6.37. The van der Waals surface area contributed by atoms with Gasteiger partial charge in [-0.05, 0) is 37.1 Å². The van der Waals surface area contributed by atoms with Crippen molar-refractivity contribution in [2.24, 2.45) is 0 Å². The van der Waals surface area contributed by atoms with E-state index in [0.29, 0.717) is 0 Å². The van der Waals surface area contributed by atoms with Crippen LogP contribution in [-0.2, 0) is 9.53 Å². The van der Waals surface area contributed by atoms with E-state index in [0.717, 1.165) is 21.3 Å². The van der Waals surface area contributed by atoms with Gasteiger partial charge in [0, 0.05) is 10.2 Å². The molecule has 0 atom stereocenters. The molecule has 1 amide bonds. The standard InChI is InChI=1S/C13H16BrF2NO2/c1-8-5-10(14)6-9(2)13(8)17-12(18)3-4-19-7-11(15)16/h5-6,11H,3-4,7H2,1-2H3,(H,17,18). The molecule has 0 spiro atoms. The van der Waals surface area contributed by atoms with E-state index in [4.69, 9.17) is 0 Å². The number of halogens is 3. The van der Waals surface area contributed by atoms with E-state index in [1.807, 2.05) is 26.0 Å². The van der Waals surface area contributed by atoms with Crippen molar-refractivity contribution in [1.29, 1.82) is 0 Å². The maximum atomic E-state index is 11.8. The molecule has 1 rings (SSSR count). The average molecular weight is 336 g/mol. The van der Waals surface area contributed by atoms with Crippen LogP contribution in [0.3, 0.4) is 0 Å². The fourth-order valence-electron chi connectivity index (χ4n) is 1.65. The first-order valence-corrected chi connectivity index (χ1v) is 6.62. The number of ether oxygens (including phenoxy) is 1. The minimum atomic E-state index is -2.50. The van der Waals surface area contributed by atoms with Gasteiger partial charge in [0.2, 0.25) is 5.91 Å². The number of carbonyl (C=O) groups excluding carboxylic acids is 1. The molecule has 6 heteroatoms. The van der Waals surface area contributed by atoms with Gasteiger partial charge in [-0.15, -0.1) is 0 Å². The lowest BCUT2D eigenvalue weighted by molar-refractivity contribution is -0.117. The van der Waals surface area contributed by atoms with Crippen molar-refractivity contribution < 1.29 is 18.3 Å². The molecule has 0 fully saturated rings. The van der Waals surface area contributed by atoms with Crippen LogP contribution in [0.4, 0.5) is 14.5 Å². The topological polar surface area (TPSA) is 38.3 Å². The van der Waals surface area contributed by atoms with Gasteiger partial charge in [-0.1, -0.05) is 15.9 Å². The third kappa shape index (κ3) is 5.65. The molecule has 0 aromatic heterocycles. The van der Waals surface area contributed by atoms with Crippen LogP contribution in [0, 0.1) is 13.8 Å². The van der Waals surface area contributed by atoms with Gasteiger partial charge in [-0.3, -0.25) is 4.79 Å². The van der Waals surface area contributed by atoms with Crippen molar-refractivity contribution in [3.63, 3.8) is 0 Å². The summed E-state index contributed by atoms with van der Waals surface area (Å²) in [5.41, 5.74) is 2.63. The molecule has 0 radical (unpaired) electrons. The number of aryl methyl sites for hydroxylation is 2. The molecule has 0 unspecified atom stereocenters. The van der Waals surface area contributed by atoms with E-state index in [1.165, 1.54) is 0 Å². The summed E-state index contributed by atoms with van der Waals surface area (Å²) in [6.45, 7) is 3.13. The summed E-state index contributed by atoms with van der Waals surface area (Å²) >= 11 is 3.37. The molecule has 0 heterocycles. The number of hydrogen-bond acceptors (Lipinski definition) is 2. The second-order valence-corrected chi connectivity index (χ2v) is 5.09. The third-order valence-corrected chi connectivity index (χ3v) is 2.94. The first-order valence-electron chi connectivity index (χ1n) is 5.82. The minimum Gasteiger partial charge on any atom is -0.375 e. The SMILES string of the molecule is Cc1cc(Br)cc(C)c1NC(=O)CCOCC(F)F. The highest BCUT2D eigenvalue weighted by Gasteiger charge is 2.09. The largest absolute Gasteiger partial charge is 0.375 e. The number of amides is 1. The van der Waals surface area contributed by atoms with Crippen molar-refractivity contribution in [3.8, 4) is 0 Å². The summed E-state index contributed by atoms with van der Waals surface area (Å²) < 4.78 is 29.2. The summed E-state index contributed by atoms with van der Waals surface area (Å²) in [4.78, 5) is 11.7. The van der Waals surface area contributed by atoms with Crippen LogP contribution >= 0.6 is 15.9 Å². The van der Waals surface area contributed by atoms with Crippen molar-refractivity contribution in [2.45, 2.75) is 26.7 Å². The number of rotatable bonds is 6. The van der Waals surface area contributed by atoms with Crippen LogP contribution in [0.2, 0.25) is 0 Å². The van der Waals surface area contributed by atoms with Gasteiger partial charge in [0.1, 0.15) is 6.61 Å². The maximum absolute atomic E-state index is 11.8. The second-order valence-electron chi connectivity index (χ2n) is 4.18. The van der Waals surface area contributed by atoms with Crippen LogP contribution in [-0.4, -0.2) is 25.5 Å². The molecule has 1 aromatic rings. The lowest BCUT2D eigenvalue weighted by Gasteiger charge is -2.12. The van der Waals surface area contributed by atoms with Crippen LogP contribution in [0.1, 0.15) is 17.5 Å². The fourth-order valence-corrected chi connectivity index (χ4v) is 2.33. The monoisotopic (exact) mass is 335 g/mol. The van der Waals surface area contributed by atoms with Gasteiger partial charge in [-0.25, -0.2) is 8.78 Å². The quantitative estimate of drug-likeness (QED) is 0.805. The summed E-state index contributed by atoms with van der Waals surface area (Å²) in [7, 11) is 0. The highest BCUT2D eigenvalue weighted by Crippen LogP contribution is 2.25. The first kappa shape index (κ1) is 16.0. The second kappa shape index (κ2) is 7.55. The van der Waals surface area contributed by atoms with E-state index < -0.39 is 13.0 Å².